The van der Waals surface area contributed by atoms with Gasteiger partial charge in [-0.05, 0) is 53.7 Å². The summed E-state index contributed by atoms with van der Waals surface area (Å²) in [5.74, 6) is 1.61. The Balaban J connectivity index is 2.20. The highest BCUT2D eigenvalue weighted by molar-refractivity contribution is 9.10. The van der Waals surface area contributed by atoms with E-state index < -0.39 is 0 Å². The monoisotopic (exact) mass is 324 g/mol. The molecule has 0 saturated heterocycles. The maximum absolute atomic E-state index is 4.39. The predicted octanol–water partition coefficient (Wildman–Crippen LogP) is 3.53. The molecule has 0 radical (unpaired) electrons. The second-order valence-electron chi connectivity index (χ2n) is 3.59. The van der Waals surface area contributed by atoms with Gasteiger partial charge in [-0.2, -0.15) is 0 Å². The molecule has 0 amide bonds. The highest BCUT2D eigenvalue weighted by atomic mass is 79.9. The zero-order valence-electron chi connectivity index (χ0n) is 10.1. The first-order valence-electron chi connectivity index (χ1n) is 5.56. The lowest BCUT2D eigenvalue weighted by atomic mass is 10.5. The molecule has 0 spiro atoms. The summed E-state index contributed by atoms with van der Waals surface area (Å²) < 4.78 is 0.971. The third kappa shape index (κ3) is 3.68. The van der Waals surface area contributed by atoms with E-state index in [1.54, 1.807) is 6.20 Å². The van der Waals surface area contributed by atoms with Crippen LogP contribution >= 0.6 is 27.7 Å². The van der Waals surface area contributed by atoms with Gasteiger partial charge in [0.1, 0.15) is 21.7 Å². The third-order valence-corrected chi connectivity index (χ3v) is 3.42. The molecule has 1 N–H and O–H groups in total. The highest BCUT2D eigenvalue weighted by Gasteiger charge is 2.04. The van der Waals surface area contributed by atoms with E-state index in [9.17, 15) is 0 Å². The SMILES string of the molecule is CCNc1cc(Sc2ccc(Br)cn2)nc(C)n1. The normalized spacial score (nSPS) is 10.4. The lowest BCUT2D eigenvalue weighted by Gasteiger charge is -2.06. The molecule has 0 aromatic carbocycles. The third-order valence-electron chi connectivity index (χ3n) is 2.08. The Kier molecular flexibility index (Phi) is 4.54. The second kappa shape index (κ2) is 6.15. The summed E-state index contributed by atoms with van der Waals surface area (Å²) in [4.78, 5) is 13.0. The Bertz CT molecular complexity index is 530. The van der Waals surface area contributed by atoms with Crippen LogP contribution in [-0.2, 0) is 0 Å². The highest BCUT2D eigenvalue weighted by Crippen LogP contribution is 2.26. The van der Waals surface area contributed by atoms with Crippen LogP contribution in [0.3, 0.4) is 0 Å². The van der Waals surface area contributed by atoms with Crippen molar-refractivity contribution in [3.8, 4) is 0 Å². The Morgan fingerprint density at radius 2 is 2.11 bits per heavy atom. The van der Waals surface area contributed by atoms with Crippen LogP contribution in [0.2, 0.25) is 0 Å². The van der Waals surface area contributed by atoms with Gasteiger partial charge in [0.15, 0.2) is 0 Å². The van der Waals surface area contributed by atoms with Gasteiger partial charge in [-0.15, -0.1) is 0 Å². The van der Waals surface area contributed by atoms with Crippen molar-refractivity contribution in [3.05, 3.63) is 34.7 Å². The Hall–Kier alpha value is -1.14. The van der Waals surface area contributed by atoms with Crippen LogP contribution in [0.5, 0.6) is 0 Å². The molecule has 2 rings (SSSR count). The second-order valence-corrected chi connectivity index (χ2v) is 5.54. The van der Waals surface area contributed by atoms with Gasteiger partial charge in [-0.1, -0.05) is 0 Å². The molecule has 0 aliphatic rings. The quantitative estimate of drug-likeness (QED) is 0.872. The van der Waals surface area contributed by atoms with Crippen LogP contribution in [0.4, 0.5) is 5.82 Å². The number of halogens is 1. The van der Waals surface area contributed by atoms with Gasteiger partial charge in [0, 0.05) is 23.3 Å². The van der Waals surface area contributed by atoms with Crippen LogP contribution < -0.4 is 5.32 Å². The fraction of sp³-hybridized carbons (Fsp3) is 0.250. The van der Waals surface area contributed by atoms with E-state index in [1.165, 1.54) is 11.8 Å². The number of pyridine rings is 1. The topological polar surface area (TPSA) is 50.7 Å². The van der Waals surface area contributed by atoms with Crippen LogP contribution in [0.15, 0.2) is 38.9 Å². The van der Waals surface area contributed by atoms with Gasteiger partial charge < -0.3 is 5.32 Å². The van der Waals surface area contributed by atoms with Crippen LogP contribution in [0, 0.1) is 6.92 Å². The molecule has 0 fully saturated rings. The lowest BCUT2D eigenvalue weighted by Crippen LogP contribution is -2.02. The molecule has 6 heteroatoms. The Labute approximate surface area is 119 Å². The minimum Gasteiger partial charge on any atom is -0.370 e. The van der Waals surface area contributed by atoms with E-state index in [4.69, 9.17) is 0 Å². The summed E-state index contributed by atoms with van der Waals surface area (Å²) in [7, 11) is 0. The number of hydrogen-bond donors (Lipinski definition) is 1. The average molecular weight is 325 g/mol. The summed E-state index contributed by atoms with van der Waals surface area (Å²) >= 11 is 4.89. The number of rotatable bonds is 4. The smallest absolute Gasteiger partial charge is 0.130 e. The molecule has 0 aliphatic heterocycles. The summed E-state index contributed by atoms with van der Waals surface area (Å²) in [6.45, 7) is 4.78. The average Bonchev–Trinajstić information content (AvgIpc) is 2.32. The van der Waals surface area contributed by atoms with Crippen LogP contribution in [-0.4, -0.2) is 21.5 Å². The van der Waals surface area contributed by atoms with Gasteiger partial charge >= 0.3 is 0 Å². The van der Waals surface area contributed by atoms with Crippen LogP contribution in [0.25, 0.3) is 0 Å². The zero-order chi connectivity index (χ0) is 13.0. The van der Waals surface area contributed by atoms with Crippen molar-refractivity contribution >= 4 is 33.5 Å². The molecular weight excluding hydrogens is 312 g/mol. The van der Waals surface area contributed by atoms with Gasteiger partial charge in [0.2, 0.25) is 0 Å². The Morgan fingerprint density at radius 3 is 2.78 bits per heavy atom. The number of anilines is 1. The number of aryl methyl sites for hydroxylation is 1. The predicted molar refractivity (Wildman–Crippen MR) is 77.0 cm³/mol. The molecule has 0 aliphatic carbocycles. The maximum Gasteiger partial charge on any atom is 0.130 e. The fourth-order valence-corrected chi connectivity index (χ4v) is 2.43. The number of nitrogens with zero attached hydrogens (tertiary/aromatic N) is 3. The molecule has 18 heavy (non-hydrogen) atoms. The molecule has 94 valence electrons. The molecule has 0 bridgehead atoms. The molecule has 2 aromatic heterocycles. The van der Waals surface area contributed by atoms with E-state index in [0.717, 1.165) is 32.7 Å². The maximum atomic E-state index is 4.39. The molecule has 0 atom stereocenters. The number of nitrogens with one attached hydrogen (secondary N) is 1. The van der Waals surface area contributed by atoms with Crippen molar-refractivity contribution in [1.82, 2.24) is 15.0 Å². The fourth-order valence-electron chi connectivity index (χ4n) is 1.39. The van der Waals surface area contributed by atoms with Crippen molar-refractivity contribution in [2.24, 2.45) is 0 Å². The van der Waals surface area contributed by atoms with Crippen molar-refractivity contribution in [3.63, 3.8) is 0 Å². The summed E-state index contributed by atoms with van der Waals surface area (Å²) in [6.07, 6.45) is 1.78. The van der Waals surface area contributed by atoms with E-state index >= 15 is 0 Å². The minimum absolute atomic E-state index is 0.757. The standard InChI is InChI=1S/C12H13BrN4S/c1-3-14-10-6-12(17-8(2)16-10)18-11-5-4-9(13)7-15-11/h4-7H,3H2,1-2H3,(H,14,16,17). The zero-order valence-corrected chi connectivity index (χ0v) is 12.5. The summed E-state index contributed by atoms with van der Waals surface area (Å²) in [5.41, 5.74) is 0. The van der Waals surface area contributed by atoms with E-state index in [-0.39, 0.29) is 0 Å². The van der Waals surface area contributed by atoms with Crippen LogP contribution in [0.1, 0.15) is 12.7 Å². The number of hydrogen-bond acceptors (Lipinski definition) is 5. The van der Waals surface area contributed by atoms with E-state index in [1.807, 2.05) is 32.0 Å². The van der Waals surface area contributed by atoms with Gasteiger partial charge in [-0.25, -0.2) is 15.0 Å². The van der Waals surface area contributed by atoms with Gasteiger partial charge in [0.25, 0.3) is 0 Å². The number of aromatic nitrogens is 3. The van der Waals surface area contributed by atoms with Crippen molar-refractivity contribution < 1.29 is 0 Å². The largest absolute Gasteiger partial charge is 0.370 e. The molecular formula is C12H13BrN4S. The first-order chi connectivity index (χ1) is 8.67. The van der Waals surface area contributed by atoms with Gasteiger partial charge in [-0.3, -0.25) is 0 Å². The van der Waals surface area contributed by atoms with Crippen molar-refractivity contribution in [2.45, 2.75) is 23.9 Å². The van der Waals surface area contributed by atoms with E-state index in [2.05, 4.69) is 36.2 Å². The first kappa shape index (κ1) is 13.3. The molecule has 0 unspecified atom stereocenters. The molecule has 0 saturated carbocycles. The molecule has 2 heterocycles. The lowest BCUT2D eigenvalue weighted by molar-refractivity contribution is 0.957. The first-order valence-corrected chi connectivity index (χ1v) is 7.17. The van der Waals surface area contributed by atoms with E-state index in [0.29, 0.717) is 0 Å². The van der Waals surface area contributed by atoms with Crippen molar-refractivity contribution in [1.29, 1.82) is 0 Å². The molecule has 2 aromatic rings. The van der Waals surface area contributed by atoms with Gasteiger partial charge in [0.05, 0.1) is 0 Å². The van der Waals surface area contributed by atoms with Crippen molar-refractivity contribution in [2.75, 3.05) is 11.9 Å². The minimum atomic E-state index is 0.757. The summed E-state index contributed by atoms with van der Waals surface area (Å²) in [5, 5.41) is 5.00. The summed E-state index contributed by atoms with van der Waals surface area (Å²) in [6, 6.07) is 5.86. The molecule has 4 nitrogen and oxygen atoms in total. The Morgan fingerprint density at radius 1 is 1.28 bits per heavy atom.